The molecule has 98 valence electrons. The summed E-state index contributed by atoms with van der Waals surface area (Å²) in [6.07, 6.45) is 2.71. The standard InChI is InChI=1S/C13H17NO3S/c1-2-12(15)9-10-3-7-13(8-4-10)18(16,17)14-11-5-6-11/h3-4,7-8,11,14H,2,5-6,9H2,1H3. The van der Waals surface area contributed by atoms with Gasteiger partial charge in [-0.25, -0.2) is 13.1 Å². The third-order valence-electron chi connectivity index (χ3n) is 2.93. The second-order valence-corrected chi connectivity index (χ2v) is 6.32. The lowest BCUT2D eigenvalue weighted by Gasteiger charge is -2.06. The highest BCUT2D eigenvalue weighted by molar-refractivity contribution is 7.89. The number of nitrogens with one attached hydrogen (secondary N) is 1. The fraction of sp³-hybridized carbons (Fsp3) is 0.462. The van der Waals surface area contributed by atoms with Gasteiger partial charge < -0.3 is 0 Å². The number of ketones is 1. The average molecular weight is 267 g/mol. The van der Waals surface area contributed by atoms with E-state index in [0.29, 0.717) is 12.8 Å². The van der Waals surface area contributed by atoms with E-state index < -0.39 is 10.0 Å². The van der Waals surface area contributed by atoms with Crippen LogP contribution in [0.5, 0.6) is 0 Å². The zero-order valence-corrected chi connectivity index (χ0v) is 11.2. The molecule has 0 amide bonds. The Morgan fingerprint density at radius 1 is 1.28 bits per heavy atom. The highest BCUT2D eigenvalue weighted by Gasteiger charge is 2.27. The fourth-order valence-electron chi connectivity index (χ4n) is 1.63. The lowest BCUT2D eigenvalue weighted by atomic mass is 10.1. The molecule has 2 rings (SSSR count). The molecule has 0 atom stereocenters. The maximum atomic E-state index is 11.9. The lowest BCUT2D eigenvalue weighted by molar-refractivity contribution is -0.118. The largest absolute Gasteiger partial charge is 0.299 e. The summed E-state index contributed by atoms with van der Waals surface area (Å²) in [4.78, 5) is 11.6. The van der Waals surface area contributed by atoms with Gasteiger partial charge in [-0.3, -0.25) is 4.79 Å². The van der Waals surface area contributed by atoms with Crippen molar-refractivity contribution >= 4 is 15.8 Å². The Labute approximate surface area is 107 Å². The fourth-order valence-corrected chi connectivity index (χ4v) is 2.93. The van der Waals surface area contributed by atoms with E-state index in [1.165, 1.54) is 0 Å². The summed E-state index contributed by atoms with van der Waals surface area (Å²) in [5.41, 5.74) is 0.854. The monoisotopic (exact) mass is 267 g/mol. The van der Waals surface area contributed by atoms with E-state index in [-0.39, 0.29) is 16.7 Å². The highest BCUT2D eigenvalue weighted by Crippen LogP contribution is 2.22. The van der Waals surface area contributed by atoms with Crippen LogP contribution in [-0.4, -0.2) is 20.2 Å². The molecule has 1 aromatic rings. The minimum Gasteiger partial charge on any atom is -0.299 e. The van der Waals surface area contributed by atoms with Gasteiger partial charge in [-0.15, -0.1) is 0 Å². The number of hydrogen-bond donors (Lipinski definition) is 1. The van der Waals surface area contributed by atoms with Gasteiger partial charge in [0.15, 0.2) is 0 Å². The first-order valence-electron chi connectivity index (χ1n) is 6.14. The third-order valence-corrected chi connectivity index (χ3v) is 4.46. The second kappa shape index (κ2) is 5.20. The number of hydrogen-bond acceptors (Lipinski definition) is 3. The van der Waals surface area contributed by atoms with Gasteiger partial charge in [0.1, 0.15) is 5.78 Å². The van der Waals surface area contributed by atoms with Crippen molar-refractivity contribution in [2.45, 2.75) is 43.5 Å². The van der Waals surface area contributed by atoms with Crippen molar-refractivity contribution in [1.82, 2.24) is 4.72 Å². The van der Waals surface area contributed by atoms with E-state index in [1.54, 1.807) is 24.3 Å². The number of carbonyl (C=O) groups is 1. The minimum absolute atomic E-state index is 0.108. The van der Waals surface area contributed by atoms with Crippen LogP contribution >= 0.6 is 0 Å². The van der Waals surface area contributed by atoms with Crippen LogP contribution < -0.4 is 4.72 Å². The van der Waals surface area contributed by atoms with Crippen molar-refractivity contribution in [3.05, 3.63) is 29.8 Å². The van der Waals surface area contributed by atoms with Crippen molar-refractivity contribution in [3.63, 3.8) is 0 Å². The third kappa shape index (κ3) is 3.40. The Kier molecular flexibility index (Phi) is 3.82. The molecule has 5 heteroatoms. The molecule has 0 radical (unpaired) electrons. The Balaban J connectivity index is 2.08. The van der Waals surface area contributed by atoms with Crippen LogP contribution in [0.4, 0.5) is 0 Å². The number of benzene rings is 1. The first kappa shape index (κ1) is 13.2. The van der Waals surface area contributed by atoms with Crippen LogP contribution in [0.25, 0.3) is 0 Å². The molecule has 4 nitrogen and oxygen atoms in total. The van der Waals surface area contributed by atoms with Crippen molar-refractivity contribution < 1.29 is 13.2 Å². The van der Waals surface area contributed by atoms with Crippen molar-refractivity contribution in [2.75, 3.05) is 0 Å². The van der Waals surface area contributed by atoms with Crippen LogP contribution in [0, 0.1) is 0 Å². The highest BCUT2D eigenvalue weighted by atomic mass is 32.2. The normalized spacial score (nSPS) is 15.6. The van der Waals surface area contributed by atoms with Gasteiger partial charge in [-0.2, -0.15) is 0 Å². The maximum absolute atomic E-state index is 11.9. The minimum atomic E-state index is -3.38. The predicted octanol–water partition coefficient (Wildman–Crippen LogP) is 1.65. The molecule has 0 aromatic heterocycles. The van der Waals surface area contributed by atoms with Crippen LogP contribution in [0.3, 0.4) is 0 Å². The Hall–Kier alpha value is -1.20. The summed E-state index contributed by atoms with van der Waals surface area (Å²) in [5.74, 6) is 0.154. The summed E-state index contributed by atoms with van der Waals surface area (Å²) >= 11 is 0. The molecule has 1 aromatic carbocycles. The molecule has 1 saturated carbocycles. The van der Waals surface area contributed by atoms with Gasteiger partial charge in [0.25, 0.3) is 0 Å². The Morgan fingerprint density at radius 3 is 2.39 bits per heavy atom. The molecule has 0 heterocycles. The van der Waals surface area contributed by atoms with E-state index in [2.05, 4.69) is 4.72 Å². The summed E-state index contributed by atoms with van der Waals surface area (Å²) in [7, 11) is -3.38. The van der Waals surface area contributed by atoms with Gasteiger partial charge in [-0.05, 0) is 30.5 Å². The van der Waals surface area contributed by atoms with E-state index in [1.807, 2.05) is 6.92 Å². The van der Waals surface area contributed by atoms with E-state index in [9.17, 15) is 13.2 Å². The number of sulfonamides is 1. The molecule has 0 spiro atoms. The molecular weight excluding hydrogens is 250 g/mol. The smallest absolute Gasteiger partial charge is 0.240 e. The zero-order valence-electron chi connectivity index (χ0n) is 10.3. The topological polar surface area (TPSA) is 63.2 Å². The predicted molar refractivity (Wildman–Crippen MR) is 68.8 cm³/mol. The van der Waals surface area contributed by atoms with Crippen LogP contribution in [0.15, 0.2) is 29.2 Å². The van der Waals surface area contributed by atoms with Gasteiger partial charge >= 0.3 is 0 Å². The van der Waals surface area contributed by atoms with Crippen molar-refractivity contribution in [3.8, 4) is 0 Å². The zero-order chi connectivity index (χ0) is 13.2. The van der Waals surface area contributed by atoms with Gasteiger partial charge in [0, 0.05) is 18.9 Å². The molecule has 1 fully saturated rings. The Bertz CT molecular complexity index is 530. The van der Waals surface area contributed by atoms with Gasteiger partial charge in [0.05, 0.1) is 4.90 Å². The second-order valence-electron chi connectivity index (χ2n) is 4.61. The van der Waals surface area contributed by atoms with Crippen LogP contribution in [-0.2, 0) is 21.2 Å². The summed E-state index contributed by atoms with van der Waals surface area (Å²) in [5, 5.41) is 0. The molecule has 1 aliphatic carbocycles. The van der Waals surface area contributed by atoms with Crippen molar-refractivity contribution in [1.29, 1.82) is 0 Å². The molecule has 0 aliphatic heterocycles. The average Bonchev–Trinajstić information content (AvgIpc) is 3.13. The molecule has 18 heavy (non-hydrogen) atoms. The molecule has 0 saturated heterocycles. The number of carbonyl (C=O) groups excluding carboxylic acids is 1. The summed E-state index contributed by atoms with van der Waals surface area (Å²) in [6.45, 7) is 1.82. The van der Waals surface area contributed by atoms with Crippen LogP contribution in [0.2, 0.25) is 0 Å². The van der Waals surface area contributed by atoms with Gasteiger partial charge in [-0.1, -0.05) is 19.1 Å². The molecule has 0 unspecified atom stereocenters. The molecule has 1 N–H and O–H groups in total. The van der Waals surface area contributed by atoms with E-state index in [0.717, 1.165) is 18.4 Å². The van der Waals surface area contributed by atoms with Gasteiger partial charge in [0.2, 0.25) is 10.0 Å². The first-order chi connectivity index (χ1) is 8.51. The summed E-state index contributed by atoms with van der Waals surface area (Å²) in [6, 6.07) is 6.63. The maximum Gasteiger partial charge on any atom is 0.240 e. The molecule has 1 aliphatic rings. The molecule has 0 bridgehead atoms. The van der Waals surface area contributed by atoms with Crippen LogP contribution in [0.1, 0.15) is 31.7 Å². The van der Waals surface area contributed by atoms with Crippen molar-refractivity contribution in [2.24, 2.45) is 0 Å². The summed E-state index contributed by atoms with van der Waals surface area (Å²) < 4.78 is 26.4. The van der Waals surface area contributed by atoms with E-state index >= 15 is 0 Å². The quantitative estimate of drug-likeness (QED) is 0.852. The first-order valence-corrected chi connectivity index (χ1v) is 7.62. The van der Waals surface area contributed by atoms with E-state index in [4.69, 9.17) is 0 Å². The SMILES string of the molecule is CCC(=O)Cc1ccc(S(=O)(=O)NC2CC2)cc1. The number of rotatable bonds is 6. The Morgan fingerprint density at radius 2 is 1.89 bits per heavy atom. The number of Topliss-reactive ketones (excluding diaryl/α,β-unsaturated/α-hetero) is 1. The molecular formula is C13H17NO3S. The lowest BCUT2D eigenvalue weighted by Crippen LogP contribution is -2.25.